The molecule has 90 valence electrons. The predicted molar refractivity (Wildman–Crippen MR) is 71.0 cm³/mol. The molecular weight excluding hydrogens is 216 g/mol. The largest absolute Gasteiger partial charge is 0.316 e. The molecule has 1 aromatic heterocycles. The van der Waals surface area contributed by atoms with Crippen LogP contribution >= 0.6 is 11.3 Å². The van der Waals surface area contributed by atoms with E-state index in [1.54, 1.807) is 0 Å². The maximum atomic E-state index is 3.53. The van der Waals surface area contributed by atoms with Gasteiger partial charge in [0.05, 0.1) is 0 Å². The number of nitrogens with one attached hydrogen (secondary N) is 2. The Hall–Kier alpha value is -0.380. The van der Waals surface area contributed by atoms with E-state index in [4.69, 9.17) is 0 Å². The second kappa shape index (κ2) is 6.38. The Balaban J connectivity index is 1.51. The molecule has 1 aromatic rings. The summed E-state index contributed by atoms with van der Waals surface area (Å²) in [5.74, 6) is 0.936. The van der Waals surface area contributed by atoms with Crippen molar-refractivity contribution in [2.24, 2.45) is 5.92 Å². The molecule has 0 radical (unpaired) electrons. The average molecular weight is 238 g/mol. The molecule has 2 N–H and O–H groups in total. The molecule has 1 fully saturated rings. The van der Waals surface area contributed by atoms with E-state index in [0.29, 0.717) is 0 Å². The van der Waals surface area contributed by atoms with Gasteiger partial charge in [-0.3, -0.25) is 0 Å². The van der Waals surface area contributed by atoms with Gasteiger partial charge in [-0.2, -0.15) is 0 Å². The minimum atomic E-state index is 0.936. The summed E-state index contributed by atoms with van der Waals surface area (Å²) in [6, 6.07) is 4.43. The standard InChI is InChI=1S/C13H22N2S/c1-11-4-5-13(16-11)10-14-7-2-3-12-6-8-15-9-12/h4-5,12,14-15H,2-3,6-10H2,1H3. The van der Waals surface area contributed by atoms with Gasteiger partial charge in [0.2, 0.25) is 0 Å². The lowest BCUT2D eigenvalue weighted by Gasteiger charge is -2.08. The molecular formula is C13H22N2S. The fourth-order valence-electron chi connectivity index (χ4n) is 2.27. The van der Waals surface area contributed by atoms with Crippen LogP contribution in [-0.2, 0) is 6.54 Å². The van der Waals surface area contributed by atoms with Crippen LogP contribution in [0, 0.1) is 12.8 Å². The summed E-state index contributed by atoms with van der Waals surface area (Å²) >= 11 is 1.90. The molecule has 2 nitrogen and oxygen atoms in total. The van der Waals surface area contributed by atoms with E-state index in [9.17, 15) is 0 Å². The maximum absolute atomic E-state index is 3.53. The highest BCUT2D eigenvalue weighted by Crippen LogP contribution is 2.15. The first-order valence-corrected chi connectivity index (χ1v) is 7.13. The molecule has 1 saturated heterocycles. The van der Waals surface area contributed by atoms with Crippen LogP contribution < -0.4 is 10.6 Å². The molecule has 1 atom stereocenters. The van der Waals surface area contributed by atoms with Gasteiger partial charge in [-0.1, -0.05) is 0 Å². The Morgan fingerprint density at radius 2 is 2.44 bits per heavy atom. The van der Waals surface area contributed by atoms with Crippen molar-refractivity contribution in [2.45, 2.75) is 32.7 Å². The third kappa shape index (κ3) is 3.89. The second-order valence-electron chi connectivity index (χ2n) is 4.69. The summed E-state index contributed by atoms with van der Waals surface area (Å²) in [7, 11) is 0. The SMILES string of the molecule is Cc1ccc(CNCCCC2CCNC2)s1. The van der Waals surface area contributed by atoms with E-state index < -0.39 is 0 Å². The smallest absolute Gasteiger partial charge is 0.0299 e. The Bertz CT molecular complexity index is 303. The first-order valence-electron chi connectivity index (χ1n) is 6.31. The highest BCUT2D eigenvalue weighted by atomic mass is 32.1. The molecule has 0 saturated carbocycles. The Kier molecular flexibility index (Phi) is 4.82. The summed E-state index contributed by atoms with van der Waals surface area (Å²) in [6.07, 6.45) is 4.07. The van der Waals surface area contributed by atoms with Gasteiger partial charge in [0.25, 0.3) is 0 Å². The monoisotopic (exact) mass is 238 g/mol. The second-order valence-corrected chi connectivity index (χ2v) is 6.06. The van der Waals surface area contributed by atoms with Gasteiger partial charge in [-0.05, 0) is 63.9 Å². The highest BCUT2D eigenvalue weighted by molar-refractivity contribution is 7.11. The Morgan fingerprint density at radius 1 is 1.50 bits per heavy atom. The van der Waals surface area contributed by atoms with E-state index >= 15 is 0 Å². The molecule has 1 unspecified atom stereocenters. The van der Waals surface area contributed by atoms with Crippen LogP contribution in [0.15, 0.2) is 12.1 Å². The van der Waals surface area contributed by atoms with Gasteiger partial charge in [0, 0.05) is 16.3 Å². The first kappa shape index (κ1) is 12.1. The third-order valence-corrected chi connectivity index (χ3v) is 4.22. The van der Waals surface area contributed by atoms with Gasteiger partial charge in [0.1, 0.15) is 0 Å². The number of hydrogen-bond donors (Lipinski definition) is 2. The molecule has 3 heteroatoms. The van der Waals surface area contributed by atoms with Crippen molar-refractivity contribution in [3.8, 4) is 0 Å². The van der Waals surface area contributed by atoms with E-state index in [0.717, 1.165) is 19.0 Å². The summed E-state index contributed by atoms with van der Waals surface area (Å²) in [6.45, 7) is 6.84. The minimum absolute atomic E-state index is 0.936. The number of hydrogen-bond acceptors (Lipinski definition) is 3. The highest BCUT2D eigenvalue weighted by Gasteiger charge is 2.12. The van der Waals surface area contributed by atoms with Crippen LogP contribution in [0.5, 0.6) is 0 Å². The quantitative estimate of drug-likeness (QED) is 0.744. The van der Waals surface area contributed by atoms with Gasteiger partial charge in [0.15, 0.2) is 0 Å². The zero-order valence-corrected chi connectivity index (χ0v) is 10.9. The van der Waals surface area contributed by atoms with Crippen LogP contribution in [0.25, 0.3) is 0 Å². The Labute approximate surface area is 102 Å². The van der Waals surface area contributed by atoms with Crippen molar-refractivity contribution in [1.82, 2.24) is 10.6 Å². The van der Waals surface area contributed by atoms with Crippen molar-refractivity contribution in [3.63, 3.8) is 0 Å². The number of thiophene rings is 1. The van der Waals surface area contributed by atoms with Gasteiger partial charge in [-0.15, -0.1) is 11.3 Å². The van der Waals surface area contributed by atoms with E-state index in [1.165, 1.54) is 42.1 Å². The zero-order valence-electron chi connectivity index (χ0n) is 10.1. The van der Waals surface area contributed by atoms with Gasteiger partial charge in [-0.25, -0.2) is 0 Å². The molecule has 0 amide bonds. The molecule has 0 aromatic carbocycles. The van der Waals surface area contributed by atoms with Crippen LogP contribution in [0.1, 0.15) is 29.0 Å². The Morgan fingerprint density at radius 3 is 3.12 bits per heavy atom. The van der Waals surface area contributed by atoms with Crippen molar-refractivity contribution < 1.29 is 0 Å². The summed E-state index contributed by atoms with van der Waals surface area (Å²) in [5, 5.41) is 6.95. The van der Waals surface area contributed by atoms with Gasteiger partial charge < -0.3 is 10.6 Å². The molecule has 16 heavy (non-hydrogen) atoms. The topological polar surface area (TPSA) is 24.1 Å². The van der Waals surface area contributed by atoms with Crippen molar-refractivity contribution in [3.05, 3.63) is 21.9 Å². The molecule has 1 aliphatic heterocycles. The summed E-state index contributed by atoms with van der Waals surface area (Å²) in [5.41, 5.74) is 0. The van der Waals surface area contributed by atoms with Gasteiger partial charge >= 0.3 is 0 Å². The lowest BCUT2D eigenvalue weighted by atomic mass is 10.0. The minimum Gasteiger partial charge on any atom is -0.316 e. The zero-order chi connectivity index (χ0) is 11.2. The fourth-order valence-corrected chi connectivity index (χ4v) is 3.13. The molecule has 2 heterocycles. The number of aryl methyl sites for hydroxylation is 1. The summed E-state index contributed by atoms with van der Waals surface area (Å²) in [4.78, 5) is 2.87. The average Bonchev–Trinajstić information content (AvgIpc) is 2.89. The van der Waals surface area contributed by atoms with Crippen LogP contribution in [0.2, 0.25) is 0 Å². The van der Waals surface area contributed by atoms with E-state index in [2.05, 4.69) is 29.7 Å². The summed E-state index contributed by atoms with van der Waals surface area (Å²) < 4.78 is 0. The predicted octanol–water partition coefficient (Wildman–Crippen LogP) is 2.54. The van der Waals surface area contributed by atoms with E-state index in [-0.39, 0.29) is 0 Å². The molecule has 2 rings (SSSR count). The van der Waals surface area contributed by atoms with Crippen LogP contribution in [0.3, 0.4) is 0 Å². The van der Waals surface area contributed by atoms with Crippen molar-refractivity contribution >= 4 is 11.3 Å². The molecule has 0 bridgehead atoms. The molecule has 0 spiro atoms. The lowest BCUT2D eigenvalue weighted by molar-refractivity contribution is 0.493. The maximum Gasteiger partial charge on any atom is 0.0299 e. The third-order valence-electron chi connectivity index (χ3n) is 3.22. The fraction of sp³-hybridized carbons (Fsp3) is 0.692. The van der Waals surface area contributed by atoms with E-state index in [1.807, 2.05) is 11.3 Å². The van der Waals surface area contributed by atoms with Crippen LogP contribution in [0.4, 0.5) is 0 Å². The molecule has 0 aliphatic carbocycles. The van der Waals surface area contributed by atoms with Crippen molar-refractivity contribution in [2.75, 3.05) is 19.6 Å². The van der Waals surface area contributed by atoms with Crippen LogP contribution in [-0.4, -0.2) is 19.6 Å². The molecule has 1 aliphatic rings. The normalized spacial score (nSPS) is 20.4. The lowest BCUT2D eigenvalue weighted by Crippen LogP contribution is -2.16. The number of rotatable bonds is 6. The van der Waals surface area contributed by atoms with Crippen molar-refractivity contribution in [1.29, 1.82) is 0 Å². The first-order chi connectivity index (χ1) is 7.84.